The molecule has 0 aromatic carbocycles. The van der Waals surface area contributed by atoms with Crippen molar-refractivity contribution in [3.8, 4) is 6.07 Å². The predicted octanol–water partition coefficient (Wildman–Crippen LogP) is 3.68. The number of piperidine rings is 1. The van der Waals surface area contributed by atoms with Crippen LogP contribution in [-0.2, 0) is 12.8 Å². The summed E-state index contributed by atoms with van der Waals surface area (Å²) in [4.78, 5) is 10.1. The van der Waals surface area contributed by atoms with E-state index in [2.05, 4.69) is 21.9 Å². The molecule has 25 heavy (non-hydrogen) atoms. The van der Waals surface area contributed by atoms with Crippen molar-refractivity contribution in [2.75, 3.05) is 31.1 Å². The van der Waals surface area contributed by atoms with Crippen LogP contribution in [0.1, 0.15) is 68.2 Å². The first-order chi connectivity index (χ1) is 12.3. The number of nitriles is 1. The van der Waals surface area contributed by atoms with E-state index in [0.717, 1.165) is 37.3 Å². The third kappa shape index (κ3) is 3.67. The highest BCUT2D eigenvalue weighted by Crippen LogP contribution is 2.29. The van der Waals surface area contributed by atoms with Gasteiger partial charge in [-0.1, -0.05) is 12.8 Å². The zero-order valence-corrected chi connectivity index (χ0v) is 15.3. The molecule has 4 rings (SSSR count). The molecule has 1 atom stereocenters. The summed E-state index contributed by atoms with van der Waals surface area (Å²) in [7, 11) is 0. The summed E-state index contributed by atoms with van der Waals surface area (Å²) in [6.45, 7) is 4.59. The van der Waals surface area contributed by atoms with E-state index in [0.29, 0.717) is 6.04 Å². The Morgan fingerprint density at radius 2 is 1.76 bits per heavy atom. The lowest BCUT2D eigenvalue weighted by Gasteiger charge is -2.40. The Bertz CT molecular complexity index is 640. The molecule has 1 aliphatic carbocycles. The second-order valence-corrected chi connectivity index (χ2v) is 7.98. The predicted molar refractivity (Wildman–Crippen MR) is 101 cm³/mol. The Kier molecular flexibility index (Phi) is 5.22. The molecule has 2 aliphatic heterocycles. The summed E-state index contributed by atoms with van der Waals surface area (Å²) in [5, 5.41) is 9.68. The van der Waals surface area contributed by atoms with Crippen LogP contribution in [0.2, 0.25) is 0 Å². The minimum Gasteiger partial charge on any atom is -0.354 e. The Morgan fingerprint density at radius 3 is 2.56 bits per heavy atom. The zero-order valence-electron chi connectivity index (χ0n) is 15.3. The quantitative estimate of drug-likeness (QED) is 0.825. The fourth-order valence-corrected chi connectivity index (χ4v) is 4.85. The lowest BCUT2D eigenvalue weighted by molar-refractivity contribution is 0.181. The first-order valence-corrected chi connectivity index (χ1v) is 10.3. The number of hydrogen-bond donors (Lipinski definition) is 0. The average molecular weight is 338 g/mol. The summed E-state index contributed by atoms with van der Waals surface area (Å²) >= 11 is 0. The summed E-state index contributed by atoms with van der Waals surface area (Å²) in [5.74, 6) is 0.961. The van der Waals surface area contributed by atoms with Crippen molar-refractivity contribution in [1.29, 1.82) is 5.26 Å². The second kappa shape index (κ2) is 7.74. The first kappa shape index (κ1) is 16.8. The van der Waals surface area contributed by atoms with Crippen LogP contribution in [0.5, 0.6) is 0 Å². The van der Waals surface area contributed by atoms with Crippen molar-refractivity contribution < 1.29 is 0 Å². The van der Waals surface area contributed by atoms with Gasteiger partial charge in [-0.15, -0.1) is 0 Å². The number of hydrogen-bond acceptors (Lipinski definition) is 4. The molecule has 1 aromatic heterocycles. The van der Waals surface area contributed by atoms with Crippen molar-refractivity contribution in [2.45, 2.75) is 70.3 Å². The lowest BCUT2D eigenvalue weighted by atomic mass is 9.94. The van der Waals surface area contributed by atoms with Gasteiger partial charge in [-0.25, -0.2) is 4.98 Å². The van der Waals surface area contributed by atoms with Gasteiger partial charge in [-0.2, -0.15) is 5.26 Å². The van der Waals surface area contributed by atoms with E-state index >= 15 is 0 Å². The number of aromatic nitrogens is 1. The lowest BCUT2D eigenvalue weighted by Crippen LogP contribution is -2.48. The number of anilines is 1. The smallest absolute Gasteiger partial charge is 0.146 e. The van der Waals surface area contributed by atoms with Crippen molar-refractivity contribution >= 4 is 5.82 Å². The molecule has 0 N–H and O–H groups in total. The van der Waals surface area contributed by atoms with Gasteiger partial charge in [0.2, 0.25) is 0 Å². The van der Waals surface area contributed by atoms with E-state index in [4.69, 9.17) is 4.98 Å². The van der Waals surface area contributed by atoms with Gasteiger partial charge >= 0.3 is 0 Å². The molecule has 0 saturated carbocycles. The standard InChI is InChI=1S/C21H30N4/c22-15-18-14-17-8-3-4-10-20(17)23-21(18)25-13-7-9-19(16-25)24-11-5-1-2-6-12-24/h14,19H,1-13,16H2. The minimum absolute atomic E-state index is 0.635. The molecular weight excluding hydrogens is 308 g/mol. The third-order valence-electron chi connectivity index (χ3n) is 6.25. The molecular formula is C21H30N4. The highest BCUT2D eigenvalue weighted by Gasteiger charge is 2.28. The van der Waals surface area contributed by atoms with E-state index in [1.54, 1.807) is 0 Å². The zero-order chi connectivity index (χ0) is 17.1. The number of nitrogens with zero attached hydrogens (tertiary/aromatic N) is 4. The van der Waals surface area contributed by atoms with Crippen LogP contribution in [0, 0.1) is 11.3 Å². The number of pyridine rings is 1. The molecule has 3 aliphatic rings. The van der Waals surface area contributed by atoms with Gasteiger partial charge in [-0.3, -0.25) is 4.90 Å². The maximum Gasteiger partial charge on any atom is 0.146 e. The van der Waals surface area contributed by atoms with Crippen molar-refractivity contribution in [1.82, 2.24) is 9.88 Å². The Morgan fingerprint density at radius 1 is 0.960 bits per heavy atom. The van der Waals surface area contributed by atoms with Crippen LogP contribution in [0.15, 0.2) is 6.07 Å². The van der Waals surface area contributed by atoms with Crippen molar-refractivity contribution in [3.63, 3.8) is 0 Å². The number of aryl methyl sites for hydroxylation is 2. The second-order valence-electron chi connectivity index (χ2n) is 7.98. The Balaban J connectivity index is 1.55. The normalized spacial score (nSPS) is 25.1. The van der Waals surface area contributed by atoms with Crippen LogP contribution >= 0.6 is 0 Å². The van der Waals surface area contributed by atoms with Crippen molar-refractivity contribution in [3.05, 3.63) is 22.9 Å². The maximum atomic E-state index is 9.68. The van der Waals surface area contributed by atoms with E-state index in [1.807, 2.05) is 0 Å². The molecule has 0 bridgehead atoms. The number of fused-ring (bicyclic) bond motifs is 1. The maximum absolute atomic E-state index is 9.68. The van der Waals surface area contributed by atoms with Gasteiger partial charge in [0.1, 0.15) is 11.9 Å². The van der Waals surface area contributed by atoms with Gasteiger partial charge in [0.25, 0.3) is 0 Å². The van der Waals surface area contributed by atoms with E-state index < -0.39 is 0 Å². The van der Waals surface area contributed by atoms with E-state index in [1.165, 1.54) is 75.7 Å². The third-order valence-corrected chi connectivity index (χ3v) is 6.25. The SMILES string of the molecule is N#Cc1cc2c(nc1N1CCCC(N3CCCCCC3)C1)CCCC2. The highest BCUT2D eigenvalue weighted by molar-refractivity contribution is 5.57. The van der Waals surface area contributed by atoms with Crippen molar-refractivity contribution in [2.24, 2.45) is 0 Å². The Hall–Kier alpha value is -1.60. The van der Waals surface area contributed by atoms with Gasteiger partial charge < -0.3 is 4.90 Å². The number of rotatable bonds is 2. The molecule has 1 aromatic rings. The van der Waals surface area contributed by atoms with Crippen LogP contribution in [0.4, 0.5) is 5.82 Å². The fraction of sp³-hybridized carbons (Fsp3) is 0.714. The topological polar surface area (TPSA) is 43.2 Å². The average Bonchev–Trinajstić information content (AvgIpc) is 2.96. The molecule has 134 valence electrons. The largest absolute Gasteiger partial charge is 0.354 e. The van der Waals surface area contributed by atoms with Crippen LogP contribution in [0.25, 0.3) is 0 Å². The fourth-order valence-electron chi connectivity index (χ4n) is 4.85. The summed E-state index contributed by atoms with van der Waals surface area (Å²) in [6, 6.07) is 5.20. The summed E-state index contributed by atoms with van der Waals surface area (Å²) < 4.78 is 0. The Labute approximate surface area is 151 Å². The molecule has 0 amide bonds. The molecule has 2 saturated heterocycles. The summed E-state index contributed by atoms with van der Waals surface area (Å²) in [5.41, 5.74) is 3.35. The van der Waals surface area contributed by atoms with Gasteiger partial charge in [0, 0.05) is 24.8 Å². The van der Waals surface area contributed by atoms with Crippen LogP contribution in [-0.4, -0.2) is 42.1 Å². The monoisotopic (exact) mass is 338 g/mol. The van der Waals surface area contributed by atoms with Gasteiger partial charge in [-0.05, 0) is 76.1 Å². The molecule has 4 nitrogen and oxygen atoms in total. The van der Waals surface area contributed by atoms with Gasteiger partial charge in [0.15, 0.2) is 0 Å². The molecule has 1 unspecified atom stereocenters. The molecule has 4 heteroatoms. The van der Waals surface area contributed by atoms with Gasteiger partial charge in [0.05, 0.1) is 5.56 Å². The summed E-state index contributed by atoms with van der Waals surface area (Å²) in [6.07, 6.45) is 12.6. The highest BCUT2D eigenvalue weighted by atomic mass is 15.3. The first-order valence-electron chi connectivity index (χ1n) is 10.3. The molecule has 2 fully saturated rings. The van der Waals surface area contributed by atoms with E-state index in [-0.39, 0.29) is 0 Å². The number of likely N-dealkylation sites (tertiary alicyclic amines) is 1. The molecule has 0 spiro atoms. The molecule has 0 radical (unpaired) electrons. The van der Waals surface area contributed by atoms with Crippen LogP contribution < -0.4 is 4.90 Å². The molecule has 3 heterocycles. The van der Waals surface area contributed by atoms with Crippen LogP contribution in [0.3, 0.4) is 0 Å². The van der Waals surface area contributed by atoms with E-state index in [9.17, 15) is 5.26 Å². The minimum atomic E-state index is 0.635.